The first-order valence-corrected chi connectivity index (χ1v) is 25.2. The van der Waals surface area contributed by atoms with Crippen molar-refractivity contribution >= 4 is 47.6 Å². The Balaban J connectivity index is 0. The number of benzene rings is 1. The summed E-state index contributed by atoms with van der Waals surface area (Å²) in [7, 11) is 4.09. The van der Waals surface area contributed by atoms with Crippen LogP contribution in [0.1, 0.15) is 141 Å². The quantitative estimate of drug-likeness (QED) is 0.0638. The van der Waals surface area contributed by atoms with E-state index in [0.717, 1.165) is 16.9 Å². The molecule has 0 aliphatic carbocycles. The van der Waals surface area contributed by atoms with Crippen LogP contribution in [0.15, 0.2) is 53.6 Å². The van der Waals surface area contributed by atoms with Crippen LogP contribution in [-0.2, 0) is 75.3 Å². The molecule has 0 saturated carbocycles. The number of nitrogens with one attached hydrogen (secondary N) is 3. The molecule has 72 heavy (non-hydrogen) atoms. The van der Waals surface area contributed by atoms with Crippen molar-refractivity contribution in [1.82, 2.24) is 25.8 Å². The van der Waals surface area contributed by atoms with Crippen LogP contribution < -0.4 is 16.0 Å². The van der Waals surface area contributed by atoms with Gasteiger partial charge in [0.05, 0.1) is 6.54 Å². The number of likely N-dealkylation sites (N-methyl/N-ethyl adjacent to an activating group) is 2. The Hall–Kier alpha value is -5.05. The molecule has 0 bridgehead atoms. The fraction of sp³-hybridized carbons (Fsp3) is 0.648. The number of hydrogen-bond donors (Lipinski definition) is 3. The van der Waals surface area contributed by atoms with Gasteiger partial charge in [-0.1, -0.05) is 124 Å². The molecule has 9 unspecified atom stereocenters. The van der Waals surface area contributed by atoms with Crippen molar-refractivity contribution in [1.29, 1.82) is 0 Å². The number of cyclic esters (lactones) is 2. The molecule has 1 aliphatic heterocycles. The summed E-state index contributed by atoms with van der Waals surface area (Å²) in [4.78, 5) is 111. The number of unbranched alkanes of at least 4 members (excludes halogenated alkanes) is 3. The second kappa shape index (κ2) is 36.8. The number of ether oxygens (including phenoxy) is 3. The van der Waals surface area contributed by atoms with Crippen molar-refractivity contribution in [2.24, 2.45) is 17.8 Å². The molecule has 0 spiro atoms. The summed E-state index contributed by atoms with van der Waals surface area (Å²) in [6.07, 6.45) is 4.74. The number of rotatable bonds is 11. The monoisotopic (exact) mass is 1180 g/mol. The van der Waals surface area contributed by atoms with Crippen LogP contribution in [0, 0.1) is 24.7 Å². The third-order valence-electron chi connectivity index (χ3n) is 12.1. The van der Waals surface area contributed by atoms with Crippen molar-refractivity contribution in [3.8, 4) is 0 Å². The second-order valence-corrected chi connectivity index (χ2v) is 18.3. The van der Waals surface area contributed by atoms with Gasteiger partial charge in [0.25, 0.3) is 5.91 Å². The van der Waals surface area contributed by atoms with E-state index in [1.165, 1.54) is 72.2 Å². The molecule has 6 amide bonds. The van der Waals surface area contributed by atoms with Crippen molar-refractivity contribution in [3.63, 3.8) is 0 Å². The van der Waals surface area contributed by atoms with E-state index in [1.54, 1.807) is 58.0 Å². The number of amides is 6. The zero-order valence-corrected chi connectivity index (χ0v) is 49.1. The average Bonchev–Trinajstić information content (AvgIpc) is 3.35. The van der Waals surface area contributed by atoms with E-state index in [4.69, 9.17) is 14.2 Å². The second-order valence-electron chi connectivity index (χ2n) is 18.3. The van der Waals surface area contributed by atoms with E-state index < -0.39 is 108 Å². The van der Waals surface area contributed by atoms with Crippen LogP contribution in [0.25, 0.3) is 5.32 Å². The van der Waals surface area contributed by atoms with Gasteiger partial charge in [-0.25, -0.2) is 9.59 Å². The van der Waals surface area contributed by atoms with Crippen molar-refractivity contribution < 1.29 is 73.6 Å². The molecule has 0 aromatic heterocycles. The maximum atomic E-state index is 14.2. The van der Waals surface area contributed by atoms with Gasteiger partial charge in [-0.3, -0.25) is 28.8 Å². The maximum absolute atomic E-state index is 14.2. The van der Waals surface area contributed by atoms with Gasteiger partial charge in [-0.15, -0.1) is 7.05 Å². The first kappa shape index (κ1) is 69.0. The molecule has 0 saturated heterocycles. The van der Waals surface area contributed by atoms with Gasteiger partial charge in [0.1, 0.15) is 36.4 Å². The fourth-order valence-corrected chi connectivity index (χ4v) is 7.30. The smallest absolute Gasteiger partial charge is 0.620 e. The Morgan fingerprint density at radius 3 is 2.01 bits per heavy atom. The molecule has 1 heterocycles. The van der Waals surface area contributed by atoms with E-state index in [1.807, 2.05) is 40.7 Å². The number of carbonyl (C=O) groups excluding carboxylic acids is 8. The van der Waals surface area contributed by atoms with E-state index in [2.05, 4.69) is 35.1 Å². The molecule has 0 fully saturated rings. The topological polar surface area (TPSA) is 221 Å². The standard InChI is InChI=1S/C46H70N6O11.C6H13.C2H6.W/c1-14-27(5)38-41(55)49-32(10)45(59)63-39(28(6)15-2)30(8)35(62-46(60)47-11)22-21-29(7)44(58)61-36(23-26(3)4)40(54)48-31(9)42(56)52(13)34(24-33-19-17-16-18-20-33)43(57)51(12)25-37(53)50-38;1-3-5-6-4-2;1-2;/h15-21,26-27,30-32,34-36,38-39H,14,22-25H2,1-13H3,(H4,47,48,49,50,53,54,55,60);1,3-6H2,2H3;1-2H3;/q;-1;;+2/p-1/b28-15+,29-21+;;;. The zero-order valence-electron chi connectivity index (χ0n) is 46.1. The molecule has 406 valence electrons. The molecule has 9 atom stereocenters. The third kappa shape index (κ3) is 24.1. The molecule has 2 rings (SSSR count). The molecular weight excluding hydrogens is 1090 g/mol. The molecule has 1 aromatic rings. The summed E-state index contributed by atoms with van der Waals surface area (Å²) in [6, 6.07) is 4.37. The number of allylic oxidation sites excluding steroid dienone is 1. The van der Waals surface area contributed by atoms with Crippen LogP contribution >= 0.6 is 0 Å². The van der Waals surface area contributed by atoms with Gasteiger partial charge in [0.15, 0.2) is 6.10 Å². The van der Waals surface area contributed by atoms with E-state index in [9.17, 15) is 38.4 Å². The van der Waals surface area contributed by atoms with Crippen LogP contribution in [-0.4, -0.2) is 128 Å². The Morgan fingerprint density at radius 1 is 0.903 bits per heavy atom. The Kier molecular flexibility index (Phi) is 35.3. The summed E-state index contributed by atoms with van der Waals surface area (Å²) in [5.74, 6) is -6.13. The SMILES string of the molecule is C/C=C(\C)C1OC(=O)C(C)NC(=O)C(C(C)CC)NC(=O)CN(C)C(=O)C(Cc2ccccc2)N(C)C(=O)C(C)NC(=O)C(CC(C)C)OC(=O)/C(C)=C/CC(OC(=O)[N-]C)C1C.CC.[CH2-]CCCCC.[W+2]. The number of carbonyl (C=O) groups is 8. The molecular formula is C54H88N6O11W. The Labute approximate surface area is 445 Å². The van der Waals surface area contributed by atoms with Crippen molar-refractivity contribution in [3.05, 3.63) is 71.4 Å². The molecule has 3 N–H and O–H groups in total. The predicted molar refractivity (Wildman–Crippen MR) is 278 cm³/mol. The van der Waals surface area contributed by atoms with Gasteiger partial charge >= 0.3 is 33.0 Å². The van der Waals surface area contributed by atoms with Gasteiger partial charge < -0.3 is 52.2 Å². The minimum absolute atomic E-state index is 0. The predicted octanol–water partition coefficient (Wildman–Crippen LogP) is 7.81. The zero-order chi connectivity index (χ0) is 54.5. The Morgan fingerprint density at radius 2 is 1.50 bits per heavy atom. The summed E-state index contributed by atoms with van der Waals surface area (Å²) in [6.45, 7) is 26.3. The van der Waals surface area contributed by atoms with Gasteiger partial charge in [-0.2, -0.15) is 6.42 Å². The largest absolute Gasteiger partial charge is 2.00 e. The van der Waals surface area contributed by atoms with Crippen molar-refractivity contribution in [2.75, 3.05) is 27.7 Å². The van der Waals surface area contributed by atoms with Crippen molar-refractivity contribution in [2.45, 2.75) is 184 Å². The maximum Gasteiger partial charge on any atom is 2.00 e. The number of nitrogens with zero attached hydrogens (tertiary/aromatic N) is 3. The molecule has 1 aliphatic rings. The third-order valence-corrected chi connectivity index (χ3v) is 12.1. The van der Waals surface area contributed by atoms with Gasteiger partial charge in [0, 0.05) is 38.4 Å². The summed E-state index contributed by atoms with van der Waals surface area (Å²) >= 11 is 0. The Bertz CT molecular complexity index is 1910. The summed E-state index contributed by atoms with van der Waals surface area (Å²) in [5, 5.41) is 11.6. The van der Waals surface area contributed by atoms with E-state index in [0.29, 0.717) is 12.0 Å². The molecule has 17 nitrogen and oxygen atoms in total. The minimum atomic E-state index is -1.30. The summed E-state index contributed by atoms with van der Waals surface area (Å²) < 4.78 is 17.4. The van der Waals surface area contributed by atoms with Gasteiger partial charge in [-0.05, 0) is 64.0 Å². The van der Waals surface area contributed by atoms with Crippen LogP contribution in [0.2, 0.25) is 0 Å². The minimum Gasteiger partial charge on any atom is -0.620 e. The molecule has 18 heteroatoms. The first-order chi connectivity index (χ1) is 33.5. The molecule has 0 radical (unpaired) electrons. The first-order valence-electron chi connectivity index (χ1n) is 25.2. The van der Waals surface area contributed by atoms with Crippen LogP contribution in [0.4, 0.5) is 4.79 Å². The van der Waals surface area contributed by atoms with Crippen LogP contribution in [0.3, 0.4) is 0 Å². The molecule has 1 aromatic carbocycles. The normalized spacial score (nSPS) is 24.9. The number of esters is 2. The van der Waals surface area contributed by atoms with Crippen LogP contribution in [0.5, 0.6) is 0 Å². The average molecular weight is 1180 g/mol. The van der Waals surface area contributed by atoms with Gasteiger partial charge in [0.2, 0.25) is 29.7 Å². The van der Waals surface area contributed by atoms with E-state index in [-0.39, 0.29) is 51.8 Å². The summed E-state index contributed by atoms with van der Waals surface area (Å²) in [5.41, 5.74) is 1.42. The fourth-order valence-electron chi connectivity index (χ4n) is 7.30. The number of hydrogen-bond acceptors (Lipinski definition) is 11. The van der Waals surface area contributed by atoms with E-state index >= 15 is 0 Å².